The van der Waals surface area contributed by atoms with Gasteiger partial charge < -0.3 is 15.5 Å². The number of anilines is 2. The number of aromatic nitrogens is 1. The third-order valence-corrected chi connectivity index (χ3v) is 6.82. The number of carboxylic acid groups (broad SMARTS) is 1. The number of hydrogen-bond donors (Lipinski definition) is 3. The van der Waals surface area contributed by atoms with Gasteiger partial charge in [0, 0.05) is 16.1 Å². The van der Waals surface area contributed by atoms with E-state index < -0.39 is 5.97 Å². The molecule has 3 aromatic rings. The summed E-state index contributed by atoms with van der Waals surface area (Å²) in [7, 11) is 0. The van der Waals surface area contributed by atoms with Gasteiger partial charge in [-0.05, 0) is 71.7 Å². The van der Waals surface area contributed by atoms with Crippen molar-refractivity contribution in [2.75, 3.05) is 16.8 Å². The summed E-state index contributed by atoms with van der Waals surface area (Å²) in [5, 5.41) is 23.4. The summed E-state index contributed by atoms with van der Waals surface area (Å²) in [4.78, 5) is 16.5. The highest BCUT2D eigenvalue weighted by Gasteiger charge is 2.22. The molecule has 0 bridgehead atoms. The van der Waals surface area contributed by atoms with E-state index in [2.05, 4.69) is 26.2 Å². The van der Waals surface area contributed by atoms with Crippen molar-refractivity contribution >= 4 is 55.9 Å². The van der Waals surface area contributed by atoms with Crippen molar-refractivity contribution in [2.45, 2.75) is 25.4 Å². The number of fused-ring (bicyclic) bond motifs is 1. The SMILES string of the molecule is O=C(O)c1cc(CO)ccc1Nc1c(C2CCSCC2)cnc2ccc(Br)cc12. The van der Waals surface area contributed by atoms with Crippen LogP contribution in [0.2, 0.25) is 0 Å². The Morgan fingerprint density at radius 2 is 2.00 bits per heavy atom. The lowest BCUT2D eigenvalue weighted by Gasteiger charge is -2.25. The van der Waals surface area contributed by atoms with Gasteiger partial charge in [-0.25, -0.2) is 4.79 Å². The van der Waals surface area contributed by atoms with Gasteiger partial charge in [-0.3, -0.25) is 4.98 Å². The first-order valence-electron chi connectivity index (χ1n) is 9.47. The minimum Gasteiger partial charge on any atom is -0.478 e. The number of aliphatic hydroxyl groups excluding tert-OH is 1. The predicted octanol–water partition coefficient (Wildman–Crippen LogP) is 5.54. The standard InChI is InChI=1S/C22H21BrN2O3S/c23-15-2-4-19-16(10-15)21(18(11-24-19)14-5-7-29-8-6-14)25-20-3-1-13(12-26)9-17(20)22(27)28/h1-4,9-11,14,26H,5-8,12H2,(H,24,25)(H,27,28). The van der Waals surface area contributed by atoms with Crippen LogP contribution in [0.3, 0.4) is 0 Å². The summed E-state index contributed by atoms with van der Waals surface area (Å²) in [6.45, 7) is -0.198. The van der Waals surface area contributed by atoms with E-state index in [0.29, 0.717) is 17.2 Å². The number of carbonyl (C=O) groups is 1. The maximum atomic E-state index is 11.8. The number of nitrogens with zero attached hydrogens (tertiary/aromatic N) is 1. The van der Waals surface area contributed by atoms with Gasteiger partial charge in [-0.1, -0.05) is 22.0 Å². The highest BCUT2D eigenvalue weighted by Crippen LogP contribution is 2.40. The minimum atomic E-state index is -1.03. The van der Waals surface area contributed by atoms with Crippen molar-refractivity contribution in [2.24, 2.45) is 0 Å². The molecular formula is C22H21BrN2O3S. The van der Waals surface area contributed by atoms with E-state index in [9.17, 15) is 15.0 Å². The smallest absolute Gasteiger partial charge is 0.337 e. The Labute approximate surface area is 181 Å². The van der Waals surface area contributed by atoms with Crippen LogP contribution in [0.5, 0.6) is 0 Å². The monoisotopic (exact) mass is 472 g/mol. The Kier molecular flexibility index (Phi) is 6.08. The fourth-order valence-corrected chi connectivity index (χ4v) is 5.22. The van der Waals surface area contributed by atoms with Crippen LogP contribution >= 0.6 is 27.7 Å². The molecule has 0 amide bonds. The maximum absolute atomic E-state index is 11.8. The molecule has 1 aliphatic heterocycles. The summed E-state index contributed by atoms with van der Waals surface area (Å²) >= 11 is 5.52. The Bertz CT molecular complexity index is 1070. The van der Waals surface area contributed by atoms with Crippen LogP contribution < -0.4 is 5.32 Å². The zero-order valence-corrected chi connectivity index (χ0v) is 18.1. The zero-order valence-electron chi connectivity index (χ0n) is 15.7. The molecule has 0 spiro atoms. The lowest BCUT2D eigenvalue weighted by atomic mass is 9.91. The van der Waals surface area contributed by atoms with Crippen LogP contribution in [0.1, 0.15) is 40.2 Å². The predicted molar refractivity (Wildman–Crippen MR) is 121 cm³/mol. The van der Waals surface area contributed by atoms with Crippen molar-refractivity contribution in [3.63, 3.8) is 0 Å². The molecule has 3 N–H and O–H groups in total. The van der Waals surface area contributed by atoms with Crippen molar-refractivity contribution in [1.82, 2.24) is 4.98 Å². The fraction of sp³-hybridized carbons (Fsp3) is 0.273. The first-order valence-corrected chi connectivity index (χ1v) is 11.4. The number of nitrogens with one attached hydrogen (secondary N) is 1. The van der Waals surface area contributed by atoms with E-state index in [1.807, 2.05) is 36.2 Å². The molecule has 0 atom stereocenters. The third kappa shape index (κ3) is 4.27. The molecule has 0 saturated carbocycles. The molecular weight excluding hydrogens is 452 g/mol. The quantitative estimate of drug-likeness (QED) is 0.451. The van der Waals surface area contributed by atoms with Crippen molar-refractivity contribution in [3.05, 3.63) is 63.8 Å². The van der Waals surface area contributed by atoms with Crippen molar-refractivity contribution < 1.29 is 15.0 Å². The van der Waals surface area contributed by atoms with Gasteiger partial charge in [0.25, 0.3) is 0 Å². The molecule has 1 fully saturated rings. The second kappa shape index (κ2) is 8.73. The van der Waals surface area contributed by atoms with Crippen LogP contribution in [-0.2, 0) is 6.61 Å². The fourth-order valence-electron chi connectivity index (χ4n) is 3.75. The number of thioether (sulfide) groups is 1. The molecule has 7 heteroatoms. The topological polar surface area (TPSA) is 82.5 Å². The van der Waals surface area contributed by atoms with Crippen molar-refractivity contribution in [3.8, 4) is 0 Å². The van der Waals surface area contributed by atoms with Crippen LogP contribution in [0.4, 0.5) is 11.4 Å². The Hall–Kier alpha value is -2.09. The highest BCUT2D eigenvalue weighted by molar-refractivity contribution is 9.10. The largest absolute Gasteiger partial charge is 0.478 e. The van der Waals surface area contributed by atoms with Crippen LogP contribution in [-0.4, -0.2) is 32.7 Å². The first-order chi connectivity index (χ1) is 14.1. The highest BCUT2D eigenvalue weighted by atomic mass is 79.9. The number of rotatable bonds is 5. The lowest BCUT2D eigenvalue weighted by Crippen LogP contribution is -2.12. The van der Waals surface area contributed by atoms with Gasteiger partial charge in [-0.2, -0.15) is 11.8 Å². The van der Waals surface area contributed by atoms with Crippen LogP contribution in [0, 0.1) is 0 Å². The molecule has 1 saturated heterocycles. The Morgan fingerprint density at radius 1 is 1.21 bits per heavy atom. The molecule has 29 heavy (non-hydrogen) atoms. The normalized spacial score (nSPS) is 14.8. The zero-order chi connectivity index (χ0) is 20.4. The summed E-state index contributed by atoms with van der Waals surface area (Å²) < 4.78 is 0.945. The summed E-state index contributed by atoms with van der Waals surface area (Å²) in [5.41, 5.74) is 4.11. The number of halogens is 1. The van der Waals surface area contributed by atoms with E-state index in [1.165, 1.54) is 6.07 Å². The van der Waals surface area contributed by atoms with Crippen LogP contribution in [0.15, 0.2) is 47.1 Å². The molecule has 0 aliphatic carbocycles. The molecule has 1 aromatic heterocycles. The maximum Gasteiger partial charge on any atom is 0.337 e. The minimum absolute atomic E-state index is 0.140. The molecule has 4 rings (SSSR count). The average Bonchev–Trinajstić information content (AvgIpc) is 2.74. The molecule has 5 nitrogen and oxygen atoms in total. The third-order valence-electron chi connectivity index (χ3n) is 5.28. The first kappa shape index (κ1) is 20.2. The van der Waals surface area contributed by atoms with Gasteiger partial charge in [0.2, 0.25) is 0 Å². The summed E-state index contributed by atoms with van der Waals surface area (Å²) in [6.07, 6.45) is 4.09. The van der Waals surface area contributed by atoms with Crippen molar-refractivity contribution in [1.29, 1.82) is 0 Å². The second-order valence-electron chi connectivity index (χ2n) is 7.10. The lowest BCUT2D eigenvalue weighted by molar-refractivity contribution is 0.0698. The number of hydrogen-bond acceptors (Lipinski definition) is 5. The molecule has 2 aromatic carbocycles. The van der Waals surface area contributed by atoms with E-state index in [0.717, 1.165) is 51.0 Å². The number of carboxylic acids is 1. The van der Waals surface area contributed by atoms with E-state index >= 15 is 0 Å². The number of aromatic carboxylic acids is 1. The number of pyridine rings is 1. The molecule has 1 aliphatic rings. The molecule has 0 unspecified atom stereocenters. The molecule has 2 heterocycles. The average molecular weight is 473 g/mol. The van der Waals surface area contributed by atoms with E-state index in [1.54, 1.807) is 12.1 Å². The van der Waals surface area contributed by atoms with Gasteiger partial charge in [0.1, 0.15) is 0 Å². The number of benzene rings is 2. The van der Waals surface area contributed by atoms with Gasteiger partial charge in [-0.15, -0.1) is 0 Å². The van der Waals surface area contributed by atoms with Gasteiger partial charge in [0.15, 0.2) is 0 Å². The Balaban J connectivity index is 1.87. The van der Waals surface area contributed by atoms with Crippen LogP contribution in [0.25, 0.3) is 10.9 Å². The number of aliphatic hydroxyl groups is 1. The second-order valence-corrected chi connectivity index (χ2v) is 9.25. The summed E-state index contributed by atoms with van der Waals surface area (Å²) in [6, 6.07) is 10.9. The van der Waals surface area contributed by atoms with E-state index in [4.69, 9.17) is 0 Å². The Morgan fingerprint density at radius 3 is 2.72 bits per heavy atom. The van der Waals surface area contributed by atoms with E-state index in [-0.39, 0.29) is 12.2 Å². The van der Waals surface area contributed by atoms with Gasteiger partial charge >= 0.3 is 5.97 Å². The summed E-state index contributed by atoms with van der Waals surface area (Å²) in [5.74, 6) is 1.59. The molecule has 0 radical (unpaired) electrons. The molecule has 150 valence electrons. The van der Waals surface area contributed by atoms with Gasteiger partial charge in [0.05, 0.1) is 29.1 Å².